The number of aromatic nitrogens is 4. The number of aliphatic hydroxyl groups excluding tert-OH is 4. The first-order valence-corrected chi connectivity index (χ1v) is 32.6. The summed E-state index contributed by atoms with van der Waals surface area (Å²) in [6.45, 7) is 24.2. The molecule has 27 heteroatoms. The molecule has 4 aromatic heterocycles. The molecule has 0 saturated carbocycles. The molecular formula is C80H95Ir2N7O18-4. The minimum atomic E-state index is -0.639. The number of hydrogen-bond donors (Lipinski definition) is 8. The van der Waals surface area contributed by atoms with Gasteiger partial charge in [0.2, 0.25) is 6.08 Å². The fourth-order valence-electron chi connectivity index (χ4n) is 7.48. The number of phenols is 2. The number of benzene rings is 4. The van der Waals surface area contributed by atoms with E-state index in [1.54, 1.807) is 134 Å². The third-order valence-electron chi connectivity index (χ3n) is 12.3. The van der Waals surface area contributed by atoms with E-state index in [0.717, 1.165) is 58.2 Å². The van der Waals surface area contributed by atoms with Gasteiger partial charge in [-0.25, -0.2) is 33.8 Å². The second kappa shape index (κ2) is 59.9. The van der Waals surface area contributed by atoms with E-state index in [1.807, 2.05) is 72.8 Å². The van der Waals surface area contributed by atoms with Gasteiger partial charge in [-0.05, 0) is 121 Å². The van der Waals surface area contributed by atoms with Gasteiger partial charge in [0, 0.05) is 118 Å². The molecule has 2 radical (unpaired) electrons. The van der Waals surface area contributed by atoms with E-state index >= 15 is 0 Å². The summed E-state index contributed by atoms with van der Waals surface area (Å²) < 4.78 is 29.4. The molecule has 1 fully saturated rings. The largest absolute Gasteiger partial charge is 0.551 e. The number of esters is 3. The maximum absolute atomic E-state index is 11.6. The molecule has 9 rings (SSSR count). The standard InChI is InChI=1S/2C18H17N2O4.2C11H8NO.C7H9NO3.2C5H12O2.C4H8O.CH4.2Ir/c2*1-13(2)17(21)23-12-11-20-18(22)24-15-8-6-14(7-9-15)16-5-3-4-10-19-16;2*13-10-6-4-9(5-7-10)11-3-1-2-8-12-11;1-6(2)7(10)11-4-3-8-5-9;2*1-4(6)3-5(2)7;1-2-4-5-3-1;;;/h2*3-6,8-10H,1,11-12H2,2H3,(H,20,22);2*1-4,6-8,13H;1,3-4H2,2H3;2*4-7H,3H2,1-2H3;1-4H2;1H4;;/q4*-1;;;;;;;. The number of hydrogen-bond acceptors (Lipinski definition) is 23. The van der Waals surface area contributed by atoms with E-state index in [2.05, 4.69) is 84.3 Å². The Labute approximate surface area is 653 Å². The Morgan fingerprint density at radius 2 is 0.785 bits per heavy atom. The normalized spacial score (nSPS) is 11.2. The number of carbonyl (C=O) groups excluding carboxylic acids is 6. The van der Waals surface area contributed by atoms with Crippen LogP contribution in [0.1, 0.15) is 81.6 Å². The Morgan fingerprint density at radius 3 is 1.00 bits per heavy atom. The van der Waals surface area contributed by atoms with Gasteiger partial charge in [0.15, 0.2) is 0 Å². The Hall–Kier alpha value is -10.3. The topological polar surface area (TPSA) is 367 Å². The van der Waals surface area contributed by atoms with Crippen molar-refractivity contribution < 1.29 is 128 Å². The van der Waals surface area contributed by atoms with Crippen molar-refractivity contribution in [2.24, 2.45) is 4.99 Å². The summed E-state index contributed by atoms with van der Waals surface area (Å²) in [5.74, 6) is -0.308. The summed E-state index contributed by atoms with van der Waals surface area (Å²) in [6, 6.07) is 54.3. The zero-order chi connectivity index (χ0) is 76.9. The van der Waals surface area contributed by atoms with Crippen LogP contribution in [-0.2, 0) is 78.3 Å². The molecule has 4 unspecified atom stereocenters. The smallest absolute Gasteiger partial charge is 0.403 e. The van der Waals surface area contributed by atoms with Gasteiger partial charge < -0.3 is 89.6 Å². The van der Waals surface area contributed by atoms with Crippen molar-refractivity contribution in [1.82, 2.24) is 30.6 Å². The van der Waals surface area contributed by atoms with E-state index in [1.165, 1.54) is 31.1 Å². The summed E-state index contributed by atoms with van der Waals surface area (Å²) in [6.07, 6.45) is 8.91. The van der Waals surface area contributed by atoms with E-state index in [-0.39, 0.29) is 123 Å². The number of pyridine rings is 4. The van der Waals surface area contributed by atoms with E-state index < -0.39 is 30.1 Å². The van der Waals surface area contributed by atoms with Crippen LogP contribution in [0, 0.1) is 24.3 Å². The number of ether oxygens (including phenoxy) is 6. The number of nitrogens with zero attached hydrogens (tertiary/aromatic N) is 5. The molecule has 4 atom stereocenters. The van der Waals surface area contributed by atoms with Crippen LogP contribution in [0.3, 0.4) is 0 Å². The molecule has 5 heterocycles. The van der Waals surface area contributed by atoms with Crippen LogP contribution in [0.2, 0.25) is 0 Å². The minimum absolute atomic E-state index is 0. The first kappa shape index (κ1) is 98.8. The Balaban J connectivity index is 0. The fourth-order valence-corrected chi connectivity index (χ4v) is 7.48. The summed E-state index contributed by atoms with van der Waals surface area (Å²) in [4.78, 5) is 85.7. The number of nitrogens with one attached hydrogen (secondary N) is 2. The van der Waals surface area contributed by atoms with E-state index in [4.69, 9.17) is 54.3 Å². The van der Waals surface area contributed by atoms with Gasteiger partial charge in [-0.15, -0.1) is 119 Å². The van der Waals surface area contributed by atoms with Gasteiger partial charge in [-0.2, -0.15) is 0 Å². The minimum Gasteiger partial charge on any atom is -0.551 e. The zero-order valence-electron chi connectivity index (χ0n) is 60.1. The van der Waals surface area contributed by atoms with Crippen molar-refractivity contribution in [3.8, 4) is 68.0 Å². The monoisotopic (exact) mass is 1830 g/mol. The number of amides is 2. The maximum atomic E-state index is 11.6. The SMILES string of the molecule is C.C1CCOC1.C=C(C)C(=O)OCCN=C=O.C=C(C)C(=O)OCCNC(=O)Oc1c[c-]c(-c2ccccn2)cc1.C=C(C)C(=O)OCCNC(=O)Oc1c[c-]c(-c2ccccn2)cc1.CC(O)CC(C)O.CC(O)CC(C)O.Oc1c[c-]c(-c2ccccn2)cc1.Oc1c[c-]c(-c2ccccn2)cc1.[Ir].[Ir]. The molecule has 1 saturated heterocycles. The van der Waals surface area contributed by atoms with Gasteiger partial charge in [0.1, 0.15) is 19.8 Å². The molecule has 4 aromatic carbocycles. The van der Waals surface area contributed by atoms with Crippen LogP contribution in [0.5, 0.6) is 23.0 Å². The molecule has 1 aliphatic heterocycles. The summed E-state index contributed by atoms with van der Waals surface area (Å²) in [5, 5.41) is 57.3. The number of carbonyl (C=O) groups is 5. The number of isocyanates is 1. The van der Waals surface area contributed by atoms with Crippen molar-refractivity contribution in [3.05, 3.63) is 231 Å². The van der Waals surface area contributed by atoms with Crippen LogP contribution < -0.4 is 20.1 Å². The summed E-state index contributed by atoms with van der Waals surface area (Å²) in [7, 11) is 0. The van der Waals surface area contributed by atoms with Crippen molar-refractivity contribution in [1.29, 1.82) is 0 Å². The molecular weight excluding hydrogens is 1730 g/mol. The summed E-state index contributed by atoms with van der Waals surface area (Å²) >= 11 is 0. The predicted molar refractivity (Wildman–Crippen MR) is 398 cm³/mol. The molecule has 8 N–H and O–H groups in total. The van der Waals surface area contributed by atoms with Gasteiger partial charge >= 0.3 is 30.1 Å². The molecule has 8 aromatic rings. The quantitative estimate of drug-likeness (QED) is 0.00594. The predicted octanol–water partition coefficient (Wildman–Crippen LogP) is 12.2. The van der Waals surface area contributed by atoms with Gasteiger partial charge in [-0.1, -0.05) is 75.7 Å². The fraction of sp³-hybridized carbons (Fsp3) is 0.300. The molecule has 0 aliphatic carbocycles. The zero-order valence-corrected chi connectivity index (χ0v) is 64.9. The Morgan fingerprint density at radius 1 is 0.486 bits per heavy atom. The Kier molecular flexibility index (Phi) is 55.3. The molecule has 2 amide bonds. The number of rotatable bonds is 22. The van der Waals surface area contributed by atoms with E-state index in [0.29, 0.717) is 41.1 Å². The molecule has 107 heavy (non-hydrogen) atoms. The number of phenolic OH excluding ortho intramolecular Hbond substituents is 2. The Bertz CT molecular complexity index is 3560. The third-order valence-corrected chi connectivity index (χ3v) is 12.3. The van der Waals surface area contributed by atoms with Gasteiger partial charge in [0.25, 0.3) is 0 Å². The second-order valence-corrected chi connectivity index (χ2v) is 22.2. The van der Waals surface area contributed by atoms with Crippen LogP contribution in [-0.4, -0.2) is 164 Å². The van der Waals surface area contributed by atoms with Crippen molar-refractivity contribution >= 4 is 36.2 Å². The van der Waals surface area contributed by atoms with Crippen molar-refractivity contribution in [2.75, 3.05) is 52.7 Å². The second-order valence-electron chi connectivity index (χ2n) is 22.2. The van der Waals surface area contributed by atoms with Crippen LogP contribution in [0.15, 0.2) is 212 Å². The number of aromatic hydroxyl groups is 2. The number of aliphatic hydroxyl groups is 4. The third kappa shape index (κ3) is 49.2. The molecule has 0 spiro atoms. The van der Waals surface area contributed by atoms with Crippen molar-refractivity contribution in [2.45, 2.75) is 106 Å². The first-order chi connectivity index (χ1) is 49.8. The molecule has 1 aliphatic rings. The molecule has 25 nitrogen and oxygen atoms in total. The number of aliphatic imine (C=N–C) groups is 1. The average Bonchev–Trinajstić information content (AvgIpc) is 1.10. The van der Waals surface area contributed by atoms with Gasteiger partial charge in [0.05, 0.1) is 44.1 Å². The molecule has 0 bridgehead atoms. The van der Waals surface area contributed by atoms with Crippen LogP contribution in [0.25, 0.3) is 45.0 Å². The average molecular weight is 1830 g/mol. The first-order valence-electron chi connectivity index (χ1n) is 32.6. The van der Waals surface area contributed by atoms with Crippen molar-refractivity contribution in [3.63, 3.8) is 0 Å². The maximum Gasteiger partial charge on any atom is 0.403 e. The van der Waals surface area contributed by atoms with Crippen LogP contribution in [0.4, 0.5) is 9.59 Å². The van der Waals surface area contributed by atoms with E-state index in [9.17, 15) is 28.8 Å². The summed E-state index contributed by atoms with van der Waals surface area (Å²) in [5.41, 5.74) is 7.62. The molecule has 580 valence electrons. The van der Waals surface area contributed by atoms with Gasteiger partial charge in [-0.3, -0.25) is 0 Å². The van der Waals surface area contributed by atoms with Crippen LogP contribution >= 0.6 is 0 Å².